The van der Waals surface area contributed by atoms with Crippen LogP contribution < -0.4 is 5.73 Å². The molecule has 0 radical (unpaired) electrons. The summed E-state index contributed by atoms with van der Waals surface area (Å²) in [5.41, 5.74) is 5.73. The molecule has 0 saturated heterocycles. The van der Waals surface area contributed by atoms with Crippen LogP contribution in [0.1, 0.15) is 40.0 Å². The summed E-state index contributed by atoms with van der Waals surface area (Å²) in [5, 5.41) is 0. The van der Waals surface area contributed by atoms with Crippen LogP contribution in [0.25, 0.3) is 0 Å². The molecule has 13 heavy (non-hydrogen) atoms. The van der Waals surface area contributed by atoms with Crippen molar-refractivity contribution in [2.75, 3.05) is 18.1 Å². The molecule has 0 amide bonds. The Hall–Kier alpha value is 0.310. The lowest BCUT2D eigenvalue weighted by molar-refractivity contribution is 0.392. The maximum Gasteiger partial charge on any atom is -0.00488 e. The molecular weight excluding hydrogens is 178 g/mol. The maximum absolute atomic E-state index is 5.73. The number of thioether (sulfide) groups is 1. The van der Waals surface area contributed by atoms with E-state index in [1.165, 1.54) is 30.8 Å². The van der Waals surface area contributed by atoms with Gasteiger partial charge in [-0.25, -0.2) is 0 Å². The van der Waals surface area contributed by atoms with E-state index in [9.17, 15) is 0 Å². The van der Waals surface area contributed by atoms with E-state index in [4.69, 9.17) is 5.73 Å². The molecule has 0 aromatic heterocycles. The molecule has 1 unspecified atom stereocenters. The molecule has 0 aromatic carbocycles. The van der Waals surface area contributed by atoms with Gasteiger partial charge >= 0.3 is 0 Å². The van der Waals surface area contributed by atoms with Gasteiger partial charge in [-0.15, -0.1) is 0 Å². The molecule has 0 heterocycles. The average Bonchev–Trinajstić information content (AvgIpc) is 2.09. The zero-order chi connectivity index (χ0) is 10.1. The van der Waals surface area contributed by atoms with Gasteiger partial charge in [0.15, 0.2) is 0 Å². The summed E-state index contributed by atoms with van der Waals surface area (Å²) in [6.07, 6.45) is 3.96. The van der Waals surface area contributed by atoms with Crippen LogP contribution in [0.15, 0.2) is 0 Å². The minimum Gasteiger partial charge on any atom is -0.330 e. The van der Waals surface area contributed by atoms with E-state index in [1.807, 2.05) is 11.8 Å². The second-order valence-electron chi connectivity index (χ2n) is 4.07. The third-order valence-corrected chi connectivity index (χ3v) is 3.23. The van der Waals surface area contributed by atoms with Gasteiger partial charge in [0.25, 0.3) is 0 Å². The third-order valence-electron chi connectivity index (χ3n) is 2.24. The van der Waals surface area contributed by atoms with E-state index < -0.39 is 0 Å². The molecule has 0 spiro atoms. The Morgan fingerprint density at radius 3 is 2.46 bits per heavy atom. The SMILES string of the molecule is CCSCCCC(CN)CC(C)C. The molecule has 0 aliphatic heterocycles. The molecule has 0 rings (SSSR count). The lowest BCUT2D eigenvalue weighted by Crippen LogP contribution is -2.16. The van der Waals surface area contributed by atoms with Crippen molar-refractivity contribution in [1.29, 1.82) is 0 Å². The molecule has 2 heteroatoms. The van der Waals surface area contributed by atoms with Gasteiger partial charge < -0.3 is 5.73 Å². The second-order valence-corrected chi connectivity index (χ2v) is 5.46. The van der Waals surface area contributed by atoms with Crippen LogP contribution in [0, 0.1) is 11.8 Å². The lowest BCUT2D eigenvalue weighted by atomic mass is 9.93. The summed E-state index contributed by atoms with van der Waals surface area (Å²) in [4.78, 5) is 0. The molecule has 0 aliphatic carbocycles. The Morgan fingerprint density at radius 1 is 1.31 bits per heavy atom. The summed E-state index contributed by atoms with van der Waals surface area (Å²) in [6, 6.07) is 0. The summed E-state index contributed by atoms with van der Waals surface area (Å²) in [7, 11) is 0. The van der Waals surface area contributed by atoms with Crippen molar-refractivity contribution in [2.24, 2.45) is 17.6 Å². The summed E-state index contributed by atoms with van der Waals surface area (Å²) in [5.74, 6) is 4.12. The smallest absolute Gasteiger partial charge is 0.00488 e. The van der Waals surface area contributed by atoms with Gasteiger partial charge in [-0.05, 0) is 49.1 Å². The molecule has 1 atom stereocenters. The van der Waals surface area contributed by atoms with Crippen molar-refractivity contribution in [3.8, 4) is 0 Å². The number of hydrogen-bond acceptors (Lipinski definition) is 2. The van der Waals surface area contributed by atoms with E-state index in [2.05, 4.69) is 20.8 Å². The zero-order valence-electron chi connectivity index (χ0n) is 9.38. The predicted octanol–water partition coefficient (Wildman–Crippen LogP) is 3.14. The van der Waals surface area contributed by atoms with Crippen LogP contribution in [-0.2, 0) is 0 Å². The molecule has 0 aromatic rings. The standard InChI is InChI=1S/C11H25NS/c1-4-13-7-5-6-11(9-12)8-10(2)3/h10-11H,4-9,12H2,1-3H3. The topological polar surface area (TPSA) is 26.0 Å². The van der Waals surface area contributed by atoms with Gasteiger partial charge in [0.1, 0.15) is 0 Å². The number of rotatable bonds is 8. The quantitative estimate of drug-likeness (QED) is 0.613. The summed E-state index contributed by atoms with van der Waals surface area (Å²) in [6.45, 7) is 7.65. The van der Waals surface area contributed by atoms with Crippen LogP contribution in [0.2, 0.25) is 0 Å². The summed E-state index contributed by atoms with van der Waals surface area (Å²) >= 11 is 2.04. The van der Waals surface area contributed by atoms with E-state index in [-0.39, 0.29) is 0 Å². The fourth-order valence-corrected chi connectivity index (χ4v) is 2.28. The fourth-order valence-electron chi connectivity index (χ4n) is 1.62. The Balaban J connectivity index is 3.36. The minimum absolute atomic E-state index is 0.762. The molecular formula is C11H25NS. The van der Waals surface area contributed by atoms with Crippen LogP contribution in [0.3, 0.4) is 0 Å². The van der Waals surface area contributed by atoms with E-state index in [1.54, 1.807) is 0 Å². The van der Waals surface area contributed by atoms with E-state index in [0.717, 1.165) is 18.4 Å². The Labute approximate surface area is 87.9 Å². The van der Waals surface area contributed by atoms with Crippen LogP contribution in [-0.4, -0.2) is 18.1 Å². The monoisotopic (exact) mass is 203 g/mol. The van der Waals surface area contributed by atoms with Crippen molar-refractivity contribution in [2.45, 2.75) is 40.0 Å². The van der Waals surface area contributed by atoms with Crippen LogP contribution in [0.4, 0.5) is 0 Å². The van der Waals surface area contributed by atoms with Gasteiger partial charge in [-0.3, -0.25) is 0 Å². The van der Waals surface area contributed by atoms with Crippen molar-refractivity contribution in [1.82, 2.24) is 0 Å². The van der Waals surface area contributed by atoms with Gasteiger partial charge in [0.05, 0.1) is 0 Å². The second kappa shape index (κ2) is 8.89. The van der Waals surface area contributed by atoms with Crippen LogP contribution in [0.5, 0.6) is 0 Å². The molecule has 2 N–H and O–H groups in total. The Bertz CT molecular complexity index is 104. The summed E-state index contributed by atoms with van der Waals surface area (Å²) < 4.78 is 0. The molecule has 1 nitrogen and oxygen atoms in total. The van der Waals surface area contributed by atoms with Crippen molar-refractivity contribution >= 4 is 11.8 Å². The Morgan fingerprint density at radius 2 is 2.00 bits per heavy atom. The molecule has 0 saturated carbocycles. The van der Waals surface area contributed by atoms with E-state index in [0.29, 0.717) is 0 Å². The third kappa shape index (κ3) is 8.63. The van der Waals surface area contributed by atoms with Gasteiger partial charge in [-0.2, -0.15) is 11.8 Å². The zero-order valence-corrected chi connectivity index (χ0v) is 10.2. The highest BCUT2D eigenvalue weighted by Crippen LogP contribution is 2.17. The highest BCUT2D eigenvalue weighted by atomic mass is 32.2. The largest absolute Gasteiger partial charge is 0.330 e. The minimum atomic E-state index is 0.762. The fraction of sp³-hybridized carbons (Fsp3) is 1.00. The first-order valence-electron chi connectivity index (χ1n) is 5.48. The van der Waals surface area contributed by atoms with Crippen LogP contribution >= 0.6 is 11.8 Å². The molecule has 0 bridgehead atoms. The maximum atomic E-state index is 5.73. The van der Waals surface area contributed by atoms with Gasteiger partial charge in [0, 0.05) is 0 Å². The van der Waals surface area contributed by atoms with Crippen molar-refractivity contribution in [3.63, 3.8) is 0 Å². The normalized spacial score (nSPS) is 13.6. The molecule has 0 fully saturated rings. The first kappa shape index (κ1) is 13.3. The van der Waals surface area contributed by atoms with Gasteiger partial charge in [-0.1, -0.05) is 20.8 Å². The molecule has 80 valence electrons. The first-order valence-corrected chi connectivity index (χ1v) is 6.64. The van der Waals surface area contributed by atoms with Gasteiger partial charge in [0.2, 0.25) is 0 Å². The highest BCUT2D eigenvalue weighted by molar-refractivity contribution is 7.99. The number of nitrogens with two attached hydrogens (primary N) is 1. The highest BCUT2D eigenvalue weighted by Gasteiger charge is 2.08. The average molecular weight is 203 g/mol. The molecule has 0 aliphatic rings. The predicted molar refractivity (Wildman–Crippen MR) is 64.2 cm³/mol. The lowest BCUT2D eigenvalue weighted by Gasteiger charge is -2.16. The van der Waals surface area contributed by atoms with Crippen molar-refractivity contribution in [3.05, 3.63) is 0 Å². The van der Waals surface area contributed by atoms with E-state index >= 15 is 0 Å². The Kier molecular flexibility index (Phi) is 9.10. The van der Waals surface area contributed by atoms with Crippen molar-refractivity contribution < 1.29 is 0 Å². The number of hydrogen-bond donors (Lipinski definition) is 1. The first-order chi connectivity index (χ1) is 6.20.